The first-order valence-electron chi connectivity index (χ1n) is 11.0. The van der Waals surface area contributed by atoms with Gasteiger partial charge in [0, 0.05) is 59.1 Å². The highest BCUT2D eigenvalue weighted by molar-refractivity contribution is 14.0. The highest BCUT2D eigenvalue weighted by atomic mass is 127. The van der Waals surface area contributed by atoms with Crippen LogP contribution in [-0.2, 0) is 31.4 Å². The van der Waals surface area contributed by atoms with Gasteiger partial charge in [0.05, 0.1) is 20.8 Å². The van der Waals surface area contributed by atoms with Crippen LogP contribution in [0.25, 0.3) is 0 Å². The Morgan fingerprint density at radius 2 is 1.91 bits per heavy atom. The summed E-state index contributed by atoms with van der Waals surface area (Å²) in [6, 6.07) is 8.15. The van der Waals surface area contributed by atoms with Gasteiger partial charge in [-0.05, 0) is 48.2 Å². The second kappa shape index (κ2) is 12.7. The molecule has 9 heteroatoms. The molecule has 0 fully saturated rings. The normalized spacial score (nSPS) is 13.1. The number of aryl methyl sites for hydroxylation is 1. The third kappa shape index (κ3) is 6.78. The van der Waals surface area contributed by atoms with Crippen LogP contribution in [0.4, 0.5) is 0 Å². The summed E-state index contributed by atoms with van der Waals surface area (Å²) in [5, 5.41) is 3.37. The Morgan fingerprint density at radius 3 is 2.52 bits per heavy atom. The molecule has 33 heavy (non-hydrogen) atoms. The van der Waals surface area contributed by atoms with Crippen molar-refractivity contribution in [2.24, 2.45) is 12.0 Å². The van der Waals surface area contributed by atoms with E-state index in [2.05, 4.69) is 25.8 Å². The molecule has 1 aliphatic heterocycles. The maximum atomic E-state index is 12.8. The first-order valence-corrected chi connectivity index (χ1v) is 11.0. The van der Waals surface area contributed by atoms with Crippen LogP contribution < -0.4 is 14.8 Å². The number of nitrogens with one attached hydrogen (secondary N) is 1. The van der Waals surface area contributed by atoms with E-state index in [1.54, 1.807) is 21.3 Å². The van der Waals surface area contributed by atoms with Crippen molar-refractivity contribution in [1.29, 1.82) is 0 Å². The van der Waals surface area contributed by atoms with E-state index in [4.69, 9.17) is 9.47 Å². The Bertz CT molecular complexity index is 960. The monoisotopic (exact) mass is 569 g/mol. The third-order valence-electron chi connectivity index (χ3n) is 5.95. The molecular weight excluding hydrogens is 533 g/mol. The van der Waals surface area contributed by atoms with Crippen molar-refractivity contribution in [1.82, 2.24) is 19.7 Å². The summed E-state index contributed by atoms with van der Waals surface area (Å²) in [7, 11) is 9.11. The standard InChI is InChI=1S/C24H35N5O3.HI/c1-25-24(28(3)17-20-8-7-12-27(20)2)26-11-6-9-23(30)29-13-10-18-14-21(31-4)22(32-5)15-19(18)16-29;/h7-8,12,14-15H,6,9-11,13,16-17H2,1-5H3,(H,25,26);1H. The molecule has 1 amide bonds. The van der Waals surface area contributed by atoms with Gasteiger partial charge in [-0.2, -0.15) is 0 Å². The number of hydrogen-bond acceptors (Lipinski definition) is 4. The summed E-state index contributed by atoms with van der Waals surface area (Å²) < 4.78 is 12.9. The number of nitrogens with zero attached hydrogens (tertiary/aromatic N) is 4. The number of fused-ring (bicyclic) bond motifs is 1. The fourth-order valence-corrected chi connectivity index (χ4v) is 4.06. The van der Waals surface area contributed by atoms with Gasteiger partial charge < -0.3 is 29.2 Å². The lowest BCUT2D eigenvalue weighted by atomic mass is 9.98. The number of ether oxygens (including phenoxy) is 2. The van der Waals surface area contributed by atoms with Gasteiger partial charge in [-0.25, -0.2) is 0 Å². The van der Waals surface area contributed by atoms with E-state index in [-0.39, 0.29) is 29.9 Å². The van der Waals surface area contributed by atoms with E-state index in [9.17, 15) is 4.79 Å². The largest absolute Gasteiger partial charge is 0.493 e. The zero-order chi connectivity index (χ0) is 23.1. The van der Waals surface area contributed by atoms with Crippen molar-refractivity contribution in [2.75, 3.05) is 41.4 Å². The molecule has 0 atom stereocenters. The molecule has 1 N–H and O–H groups in total. The molecule has 0 radical (unpaired) electrons. The van der Waals surface area contributed by atoms with Gasteiger partial charge in [0.15, 0.2) is 17.5 Å². The molecule has 0 aliphatic carbocycles. The number of amides is 1. The van der Waals surface area contributed by atoms with E-state index in [0.717, 1.165) is 43.2 Å². The van der Waals surface area contributed by atoms with Gasteiger partial charge >= 0.3 is 0 Å². The van der Waals surface area contributed by atoms with Crippen molar-refractivity contribution in [2.45, 2.75) is 32.4 Å². The summed E-state index contributed by atoms with van der Waals surface area (Å²) >= 11 is 0. The van der Waals surface area contributed by atoms with E-state index >= 15 is 0 Å². The fraction of sp³-hybridized carbons (Fsp3) is 0.500. The van der Waals surface area contributed by atoms with Crippen LogP contribution in [0.2, 0.25) is 0 Å². The number of guanidine groups is 1. The second-order valence-electron chi connectivity index (χ2n) is 8.09. The zero-order valence-electron chi connectivity index (χ0n) is 20.3. The van der Waals surface area contributed by atoms with Gasteiger partial charge in [0.25, 0.3) is 0 Å². The Labute approximate surface area is 214 Å². The van der Waals surface area contributed by atoms with Crippen molar-refractivity contribution in [3.8, 4) is 11.5 Å². The smallest absolute Gasteiger partial charge is 0.222 e. The highest BCUT2D eigenvalue weighted by Crippen LogP contribution is 2.33. The number of aromatic nitrogens is 1. The minimum atomic E-state index is 0. The van der Waals surface area contributed by atoms with Gasteiger partial charge in [0.1, 0.15) is 0 Å². The molecule has 0 spiro atoms. The number of benzene rings is 1. The van der Waals surface area contributed by atoms with Crippen LogP contribution in [0.15, 0.2) is 35.5 Å². The lowest BCUT2D eigenvalue weighted by molar-refractivity contribution is -0.132. The minimum Gasteiger partial charge on any atom is -0.493 e. The van der Waals surface area contributed by atoms with Crippen LogP contribution in [0.1, 0.15) is 29.7 Å². The molecule has 0 bridgehead atoms. The molecular formula is C24H36IN5O3. The predicted octanol–water partition coefficient (Wildman–Crippen LogP) is 3.03. The molecule has 1 aliphatic rings. The van der Waals surface area contributed by atoms with Gasteiger partial charge in [-0.1, -0.05) is 0 Å². The number of methoxy groups -OCH3 is 2. The summed E-state index contributed by atoms with van der Waals surface area (Å²) in [6.45, 7) is 2.81. The second-order valence-corrected chi connectivity index (χ2v) is 8.09. The molecule has 1 aromatic heterocycles. The molecule has 3 rings (SSSR count). The average molecular weight is 569 g/mol. The first kappa shape index (κ1) is 26.8. The summed E-state index contributed by atoms with van der Waals surface area (Å²) in [5.41, 5.74) is 3.56. The van der Waals surface area contributed by atoms with Gasteiger partial charge in [0.2, 0.25) is 5.91 Å². The number of aliphatic imine (C=N–C) groups is 1. The number of carbonyl (C=O) groups is 1. The van der Waals surface area contributed by atoms with E-state index in [1.165, 1.54) is 11.3 Å². The first-order chi connectivity index (χ1) is 15.5. The van der Waals surface area contributed by atoms with Crippen LogP contribution in [-0.4, -0.2) is 67.6 Å². The summed E-state index contributed by atoms with van der Waals surface area (Å²) in [4.78, 5) is 21.2. The Kier molecular flexibility index (Phi) is 10.3. The minimum absolute atomic E-state index is 0. The van der Waals surface area contributed by atoms with Crippen LogP contribution >= 0.6 is 24.0 Å². The van der Waals surface area contributed by atoms with Crippen LogP contribution in [0.5, 0.6) is 11.5 Å². The molecule has 8 nitrogen and oxygen atoms in total. The number of hydrogen-bond donors (Lipinski definition) is 1. The van der Waals surface area contributed by atoms with E-state index < -0.39 is 0 Å². The van der Waals surface area contributed by atoms with Gasteiger partial charge in [-0.15, -0.1) is 24.0 Å². The van der Waals surface area contributed by atoms with Crippen molar-refractivity contribution >= 4 is 35.8 Å². The molecule has 0 unspecified atom stereocenters. The van der Waals surface area contributed by atoms with Crippen molar-refractivity contribution in [3.63, 3.8) is 0 Å². The SMILES string of the molecule is CN=C(NCCCC(=O)N1CCc2cc(OC)c(OC)cc2C1)N(C)Cc1cccn1C.I. The third-order valence-corrected chi connectivity index (χ3v) is 5.95. The summed E-state index contributed by atoms with van der Waals surface area (Å²) in [6.07, 6.45) is 4.13. The molecule has 0 saturated heterocycles. The quantitative estimate of drug-likeness (QED) is 0.229. The maximum Gasteiger partial charge on any atom is 0.222 e. The summed E-state index contributed by atoms with van der Waals surface area (Å²) in [5.74, 6) is 2.45. The van der Waals surface area contributed by atoms with Gasteiger partial charge in [-0.3, -0.25) is 9.79 Å². The molecule has 182 valence electrons. The molecule has 1 aromatic carbocycles. The lowest BCUT2D eigenvalue weighted by Crippen LogP contribution is -2.40. The maximum absolute atomic E-state index is 12.8. The average Bonchev–Trinajstić information content (AvgIpc) is 3.21. The predicted molar refractivity (Wildman–Crippen MR) is 142 cm³/mol. The lowest BCUT2D eigenvalue weighted by Gasteiger charge is -2.30. The fourth-order valence-electron chi connectivity index (χ4n) is 4.06. The highest BCUT2D eigenvalue weighted by Gasteiger charge is 2.22. The van der Waals surface area contributed by atoms with Crippen molar-refractivity contribution in [3.05, 3.63) is 47.3 Å². The topological polar surface area (TPSA) is 71.3 Å². The van der Waals surface area contributed by atoms with E-state index in [0.29, 0.717) is 25.3 Å². The van der Waals surface area contributed by atoms with Crippen LogP contribution in [0, 0.1) is 0 Å². The molecule has 2 aromatic rings. The van der Waals surface area contributed by atoms with Crippen LogP contribution in [0.3, 0.4) is 0 Å². The van der Waals surface area contributed by atoms with Crippen molar-refractivity contribution < 1.29 is 14.3 Å². The number of halogens is 1. The molecule has 0 saturated carbocycles. The zero-order valence-corrected chi connectivity index (χ0v) is 22.6. The number of rotatable bonds is 8. The number of carbonyl (C=O) groups excluding carboxylic acids is 1. The Balaban J connectivity index is 0.00000385. The Morgan fingerprint density at radius 1 is 1.21 bits per heavy atom. The Hall–Kier alpha value is -2.43. The van der Waals surface area contributed by atoms with E-state index in [1.807, 2.05) is 43.4 Å². The molecule has 2 heterocycles.